The van der Waals surface area contributed by atoms with Crippen LogP contribution >= 0.6 is 23.4 Å². The van der Waals surface area contributed by atoms with E-state index in [2.05, 4.69) is 0 Å². The number of para-hydroxylation sites is 1. The van der Waals surface area contributed by atoms with E-state index >= 15 is 0 Å². The van der Waals surface area contributed by atoms with Crippen molar-refractivity contribution in [1.29, 1.82) is 5.41 Å². The highest BCUT2D eigenvalue weighted by Gasteiger charge is 2.13. The average Bonchev–Trinajstić information content (AvgIpc) is 2.40. The van der Waals surface area contributed by atoms with Gasteiger partial charge in [-0.15, -0.1) is 11.8 Å². The number of halogens is 1. The number of thioether (sulfide) groups is 1. The van der Waals surface area contributed by atoms with Gasteiger partial charge < -0.3 is 10.5 Å². The number of amidine groups is 1. The Labute approximate surface area is 121 Å². The van der Waals surface area contributed by atoms with Crippen LogP contribution in [0.2, 0.25) is 5.02 Å². The molecule has 2 rings (SSSR count). The van der Waals surface area contributed by atoms with E-state index in [9.17, 15) is 0 Å². The lowest BCUT2D eigenvalue weighted by Crippen LogP contribution is -2.13. The molecule has 0 radical (unpaired) electrons. The Balaban J connectivity index is 2.46. The summed E-state index contributed by atoms with van der Waals surface area (Å²) in [5, 5.41) is 8.21. The van der Waals surface area contributed by atoms with E-state index in [1.807, 2.05) is 30.5 Å². The number of hydrogen-bond donors (Lipinski definition) is 2. The summed E-state index contributed by atoms with van der Waals surface area (Å²) < 4.78 is 5.78. The minimum absolute atomic E-state index is 0.0213. The number of benzene rings is 2. The Kier molecular flexibility index (Phi) is 4.35. The number of nitrogens with two attached hydrogens (primary N) is 1. The van der Waals surface area contributed by atoms with Crippen molar-refractivity contribution >= 4 is 29.2 Å². The molecule has 0 unspecified atom stereocenters. The zero-order valence-electron chi connectivity index (χ0n) is 10.3. The van der Waals surface area contributed by atoms with Crippen LogP contribution in [0.4, 0.5) is 0 Å². The van der Waals surface area contributed by atoms with Crippen molar-refractivity contribution in [3.8, 4) is 11.5 Å². The molecule has 3 N–H and O–H groups in total. The van der Waals surface area contributed by atoms with Crippen molar-refractivity contribution in [1.82, 2.24) is 0 Å². The molecule has 0 fully saturated rings. The smallest absolute Gasteiger partial charge is 0.146 e. The lowest BCUT2D eigenvalue weighted by atomic mass is 10.2. The Hall–Kier alpha value is -1.65. The van der Waals surface area contributed by atoms with E-state index in [0.29, 0.717) is 22.1 Å². The third-order valence-electron chi connectivity index (χ3n) is 2.53. The van der Waals surface area contributed by atoms with Gasteiger partial charge in [0.1, 0.15) is 17.3 Å². The van der Waals surface area contributed by atoms with E-state index in [1.165, 1.54) is 11.8 Å². The third-order valence-corrected chi connectivity index (χ3v) is 3.63. The van der Waals surface area contributed by atoms with Crippen LogP contribution in [0.5, 0.6) is 11.5 Å². The first-order chi connectivity index (χ1) is 9.13. The van der Waals surface area contributed by atoms with Gasteiger partial charge in [0, 0.05) is 4.90 Å². The van der Waals surface area contributed by atoms with Gasteiger partial charge in [0.15, 0.2) is 0 Å². The first-order valence-corrected chi connectivity index (χ1v) is 7.17. The maximum absolute atomic E-state index is 7.69. The van der Waals surface area contributed by atoms with Crippen LogP contribution < -0.4 is 10.5 Å². The van der Waals surface area contributed by atoms with Crippen molar-refractivity contribution in [3.63, 3.8) is 0 Å². The first-order valence-electron chi connectivity index (χ1n) is 5.57. The topological polar surface area (TPSA) is 59.1 Å². The lowest BCUT2D eigenvalue weighted by Gasteiger charge is -2.13. The van der Waals surface area contributed by atoms with Crippen molar-refractivity contribution < 1.29 is 4.74 Å². The molecule has 0 bridgehead atoms. The van der Waals surface area contributed by atoms with E-state index in [0.717, 1.165) is 4.90 Å². The minimum Gasteiger partial charge on any atom is -0.455 e. The summed E-state index contributed by atoms with van der Waals surface area (Å²) >= 11 is 7.58. The molecule has 5 heteroatoms. The molecule has 0 aliphatic heterocycles. The summed E-state index contributed by atoms with van der Waals surface area (Å²) in [7, 11) is 0. The highest BCUT2D eigenvalue weighted by Crippen LogP contribution is 2.34. The summed E-state index contributed by atoms with van der Waals surface area (Å²) in [6.07, 6.45) is 1.93. The van der Waals surface area contributed by atoms with Crippen LogP contribution in [0.3, 0.4) is 0 Å². The highest BCUT2D eigenvalue weighted by atomic mass is 35.5. The standard InChI is InChI=1S/C14H13ClN2OS/c1-19-12-8-4-7-11(13(12)14(16)17)18-10-6-3-2-5-9(10)15/h2-8H,1H3,(H3,16,17). The van der Waals surface area contributed by atoms with E-state index < -0.39 is 0 Å². The largest absolute Gasteiger partial charge is 0.455 e. The van der Waals surface area contributed by atoms with Crippen molar-refractivity contribution in [2.75, 3.05) is 6.26 Å². The molecule has 2 aromatic rings. The molecule has 0 aliphatic carbocycles. The molecule has 3 nitrogen and oxygen atoms in total. The van der Waals surface area contributed by atoms with Gasteiger partial charge in [-0.1, -0.05) is 29.8 Å². The van der Waals surface area contributed by atoms with Gasteiger partial charge in [0.25, 0.3) is 0 Å². The van der Waals surface area contributed by atoms with Crippen LogP contribution in [0, 0.1) is 5.41 Å². The zero-order valence-corrected chi connectivity index (χ0v) is 11.9. The number of ether oxygens (including phenoxy) is 1. The fraction of sp³-hybridized carbons (Fsp3) is 0.0714. The number of hydrogen-bond acceptors (Lipinski definition) is 3. The number of rotatable bonds is 4. The third kappa shape index (κ3) is 3.03. The molecule has 2 aromatic carbocycles. The second-order valence-corrected chi connectivity index (χ2v) is 5.03. The second-order valence-electron chi connectivity index (χ2n) is 3.78. The molecule has 19 heavy (non-hydrogen) atoms. The predicted octanol–water partition coefficient (Wildman–Crippen LogP) is 4.14. The fourth-order valence-electron chi connectivity index (χ4n) is 1.68. The maximum atomic E-state index is 7.69. The molecule has 0 saturated carbocycles. The molecule has 0 atom stereocenters. The van der Waals surface area contributed by atoms with Gasteiger partial charge in [-0.2, -0.15) is 0 Å². The molecular formula is C14H13ClN2OS. The van der Waals surface area contributed by atoms with Crippen LogP contribution in [0.15, 0.2) is 47.4 Å². The summed E-state index contributed by atoms with van der Waals surface area (Å²) in [5.74, 6) is 1.06. The summed E-state index contributed by atoms with van der Waals surface area (Å²) in [5.41, 5.74) is 6.23. The quantitative estimate of drug-likeness (QED) is 0.506. The highest BCUT2D eigenvalue weighted by molar-refractivity contribution is 7.98. The lowest BCUT2D eigenvalue weighted by molar-refractivity contribution is 0.480. The fourth-order valence-corrected chi connectivity index (χ4v) is 2.48. The average molecular weight is 293 g/mol. The Bertz CT molecular complexity index is 616. The summed E-state index contributed by atoms with van der Waals surface area (Å²) in [4.78, 5) is 0.900. The van der Waals surface area contributed by atoms with Gasteiger partial charge in [0.2, 0.25) is 0 Å². The van der Waals surface area contributed by atoms with Crippen LogP contribution in [-0.4, -0.2) is 12.1 Å². The van der Waals surface area contributed by atoms with Gasteiger partial charge in [-0.25, -0.2) is 0 Å². The molecular weight excluding hydrogens is 280 g/mol. The van der Waals surface area contributed by atoms with Crippen molar-refractivity contribution in [3.05, 3.63) is 53.1 Å². The minimum atomic E-state index is -0.0213. The Morgan fingerprint density at radius 1 is 1.16 bits per heavy atom. The summed E-state index contributed by atoms with van der Waals surface area (Å²) in [6.45, 7) is 0. The zero-order chi connectivity index (χ0) is 13.8. The maximum Gasteiger partial charge on any atom is 0.146 e. The molecule has 0 aliphatic rings. The van der Waals surface area contributed by atoms with Crippen molar-refractivity contribution in [2.45, 2.75) is 4.90 Å². The molecule has 0 aromatic heterocycles. The van der Waals surface area contributed by atoms with Crippen molar-refractivity contribution in [2.24, 2.45) is 5.73 Å². The van der Waals surface area contributed by atoms with Crippen LogP contribution in [0.25, 0.3) is 0 Å². The van der Waals surface area contributed by atoms with E-state index in [1.54, 1.807) is 18.2 Å². The van der Waals surface area contributed by atoms with E-state index in [4.69, 9.17) is 27.5 Å². The van der Waals surface area contributed by atoms with Crippen LogP contribution in [-0.2, 0) is 0 Å². The number of nitrogen functional groups attached to an aromatic ring is 1. The molecule has 0 saturated heterocycles. The molecule has 98 valence electrons. The van der Waals surface area contributed by atoms with Gasteiger partial charge in [0.05, 0.1) is 10.6 Å². The van der Waals surface area contributed by atoms with Gasteiger partial charge in [-0.05, 0) is 30.5 Å². The second kappa shape index (κ2) is 5.99. The SMILES string of the molecule is CSc1cccc(Oc2ccccc2Cl)c1C(=N)N. The molecule has 0 heterocycles. The number of nitrogens with one attached hydrogen (secondary N) is 1. The first kappa shape index (κ1) is 13.8. The Morgan fingerprint density at radius 2 is 1.84 bits per heavy atom. The normalized spacial score (nSPS) is 10.2. The van der Waals surface area contributed by atoms with Crippen LogP contribution in [0.1, 0.15) is 5.56 Å². The summed E-state index contributed by atoms with van der Waals surface area (Å²) in [6, 6.07) is 12.7. The van der Waals surface area contributed by atoms with Gasteiger partial charge >= 0.3 is 0 Å². The molecule has 0 amide bonds. The van der Waals surface area contributed by atoms with Gasteiger partial charge in [-0.3, -0.25) is 5.41 Å². The molecule has 0 spiro atoms. The monoisotopic (exact) mass is 292 g/mol. The predicted molar refractivity (Wildman–Crippen MR) is 80.8 cm³/mol. The van der Waals surface area contributed by atoms with E-state index in [-0.39, 0.29) is 5.84 Å². The Morgan fingerprint density at radius 3 is 2.47 bits per heavy atom.